The van der Waals surface area contributed by atoms with E-state index in [1.165, 1.54) is 327 Å². The molecule has 0 saturated heterocycles. The first-order chi connectivity index (χ1) is 37.5. The minimum Gasteiger partial charge on any atom is -0.466 e. The number of carbonyl (C=O) groups is 2. The van der Waals surface area contributed by atoms with Gasteiger partial charge in [0.15, 0.2) is 0 Å². The number of rotatable bonds is 66. The maximum absolute atomic E-state index is 12.5. The fourth-order valence-electron chi connectivity index (χ4n) is 11.2. The minimum atomic E-state index is -0.664. The number of carbonyl (C=O) groups excluding carboxylic acids is 2. The van der Waals surface area contributed by atoms with Gasteiger partial charge < -0.3 is 20.3 Å². The van der Waals surface area contributed by atoms with Crippen LogP contribution in [0.3, 0.4) is 0 Å². The van der Waals surface area contributed by atoms with Crippen molar-refractivity contribution in [3.63, 3.8) is 0 Å². The van der Waals surface area contributed by atoms with E-state index >= 15 is 0 Å². The zero-order valence-corrected chi connectivity index (χ0v) is 51.8. The topological polar surface area (TPSA) is 95.9 Å². The highest BCUT2D eigenvalue weighted by Crippen LogP contribution is 2.19. The molecule has 2 unspecified atom stereocenters. The number of ether oxygens (including phenoxy) is 1. The number of allylic oxidation sites excluding steroid dienone is 2. The molecule has 452 valence electrons. The minimum absolute atomic E-state index is 0.0164. The van der Waals surface area contributed by atoms with Crippen LogP contribution in [0.5, 0.6) is 0 Å². The van der Waals surface area contributed by atoms with Crippen LogP contribution in [0.4, 0.5) is 0 Å². The number of aliphatic hydroxyl groups excluding tert-OH is 2. The van der Waals surface area contributed by atoms with Gasteiger partial charge in [0, 0.05) is 12.8 Å². The maximum Gasteiger partial charge on any atom is 0.305 e. The van der Waals surface area contributed by atoms with Crippen molar-refractivity contribution < 1.29 is 24.5 Å². The summed E-state index contributed by atoms with van der Waals surface area (Å²) in [6, 6.07) is -0.541. The summed E-state index contributed by atoms with van der Waals surface area (Å²) in [5, 5.41) is 23.4. The Morgan fingerprint density at radius 2 is 0.618 bits per heavy atom. The second-order valence-electron chi connectivity index (χ2n) is 24.2. The van der Waals surface area contributed by atoms with Gasteiger partial charge >= 0.3 is 5.97 Å². The zero-order valence-electron chi connectivity index (χ0n) is 51.8. The van der Waals surface area contributed by atoms with Crippen LogP contribution in [0.15, 0.2) is 12.2 Å². The van der Waals surface area contributed by atoms with Crippen molar-refractivity contribution in [1.82, 2.24) is 5.32 Å². The lowest BCUT2D eigenvalue weighted by molar-refractivity contribution is -0.143. The summed E-state index contributed by atoms with van der Waals surface area (Å²) in [7, 11) is 0. The summed E-state index contributed by atoms with van der Waals surface area (Å²) < 4.78 is 5.47. The molecule has 76 heavy (non-hydrogen) atoms. The van der Waals surface area contributed by atoms with Crippen LogP contribution >= 0.6 is 0 Å². The van der Waals surface area contributed by atoms with E-state index in [0.29, 0.717) is 25.9 Å². The predicted octanol–water partition coefficient (Wildman–Crippen LogP) is 22.4. The normalized spacial score (nSPS) is 12.5. The molecule has 0 aliphatic rings. The van der Waals surface area contributed by atoms with Crippen LogP contribution in [0.2, 0.25) is 0 Å². The molecule has 6 heteroatoms. The number of amides is 1. The molecule has 0 aromatic heterocycles. The second kappa shape index (κ2) is 66.1. The van der Waals surface area contributed by atoms with E-state index in [1.54, 1.807) is 0 Å². The Bertz CT molecular complexity index is 1140. The zero-order chi connectivity index (χ0) is 55.0. The van der Waals surface area contributed by atoms with Crippen LogP contribution in [0.1, 0.15) is 399 Å². The molecule has 3 N–H and O–H groups in total. The van der Waals surface area contributed by atoms with Gasteiger partial charge in [-0.05, 0) is 51.4 Å². The lowest BCUT2D eigenvalue weighted by Crippen LogP contribution is -2.45. The van der Waals surface area contributed by atoms with Crippen LogP contribution in [0.25, 0.3) is 0 Å². The van der Waals surface area contributed by atoms with Crippen molar-refractivity contribution in [2.24, 2.45) is 0 Å². The van der Waals surface area contributed by atoms with Crippen molar-refractivity contribution in [2.45, 2.75) is 411 Å². The molecular weight excluding hydrogens is 935 g/mol. The SMILES string of the molecule is CCCCCCCCCCCCCCCCCCCCCCC(O)C(CO)NC(=O)CCCCCCCCCCCCCC/C=C\CCCCCCCCCCCCCCOC(=O)CCCCCCCCCCCCC. The fourth-order valence-corrected chi connectivity index (χ4v) is 11.2. The highest BCUT2D eigenvalue weighted by Gasteiger charge is 2.20. The highest BCUT2D eigenvalue weighted by molar-refractivity contribution is 5.76. The number of aliphatic hydroxyl groups is 2. The molecule has 0 aromatic rings. The van der Waals surface area contributed by atoms with Gasteiger partial charge in [-0.25, -0.2) is 0 Å². The van der Waals surface area contributed by atoms with Gasteiger partial charge in [-0.15, -0.1) is 0 Å². The van der Waals surface area contributed by atoms with Gasteiger partial charge in [-0.1, -0.05) is 347 Å². The Kier molecular flexibility index (Phi) is 64.9. The lowest BCUT2D eigenvalue weighted by Gasteiger charge is -2.22. The number of esters is 1. The average Bonchev–Trinajstić information content (AvgIpc) is 3.42. The molecule has 0 bridgehead atoms. The molecule has 0 aromatic carbocycles. The van der Waals surface area contributed by atoms with Crippen LogP contribution in [0, 0.1) is 0 Å². The number of unbranched alkanes of at least 4 members (excludes halogenated alkanes) is 53. The standard InChI is InChI=1S/C70H137NO5/c1-3-5-7-9-11-13-15-16-17-18-19-30-33-36-39-43-46-50-54-58-62-68(73)67(66-72)71-69(74)63-59-55-51-47-44-40-37-34-31-28-26-24-22-20-21-23-25-27-29-32-35-38-41-45-49-53-57-61-65-76-70(75)64-60-56-52-48-42-14-12-10-8-6-4-2/h20-21,67-68,72-73H,3-19,22-66H2,1-2H3,(H,71,74)/b21-20-. The van der Waals surface area contributed by atoms with E-state index < -0.39 is 12.1 Å². The summed E-state index contributed by atoms with van der Waals surface area (Å²) in [4.78, 5) is 24.5. The molecule has 0 rings (SSSR count). The summed E-state index contributed by atoms with van der Waals surface area (Å²) in [5.41, 5.74) is 0. The van der Waals surface area contributed by atoms with Crippen LogP contribution < -0.4 is 5.32 Å². The van der Waals surface area contributed by atoms with Crippen molar-refractivity contribution >= 4 is 11.9 Å². The van der Waals surface area contributed by atoms with E-state index in [4.69, 9.17) is 4.74 Å². The summed E-state index contributed by atoms with van der Waals surface area (Å²) >= 11 is 0. The van der Waals surface area contributed by atoms with Gasteiger partial charge in [-0.2, -0.15) is 0 Å². The molecular formula is C70H137NO5. The first kappa shape index (κ1) is 74.6. The third kappa shape index (κ3) is 61.8. The Labute approximate surface area is 476 Å². The molecule has 0 spiro atoms. The van der Waals surface area contributed by atoms with Gasteiger partial charge in [-0.3, -0.25) is 9.59 Å². The fraction of sp³-hybridized carbons (Fsp3) is 0.943. The van der Waals surface area contributed by atoms with E-state index in [0.717, 1.165) is 38.5 Å². The molecule has 0 aliphatic carbocycles. The number of hydrogen-bond donors (Lipinski definition) is 3. The molecule has 1 amide bonds. The molecule has 0 saturated carbocycles. The molecule has 6 nitrogen and oxygen atoms in total. The molecule has 0 heterocycles. The van der Waals surface area contributed by atoms with E-state index in [-0.39, 0.29) is 18.5 Å². The van der Waals surface area contributed by atoms with Gasteiger partial charge in [0.1, 0.15) is 0 Å². The quantitative estimate of drug-likeness (QED) is 0.0320. The van der Waals surface area contributed by atoms with Gasteiger partial charge in [0.2, 0.25) is 5.91 Å². The third-order valence-corrected chi connectivity index (χ3v) is 16.6. The summed E-state index contributed by atoms with van der Waals surface area (Å²) in [5.74, 6) is -0.0138. The highest BCUT2D eigenvalue weighted by atomic mass is 16.5. The number of nitrogens with one attached hydrogen (secondary N) is 1. The van der Waals surface area contributed by atoms with Crippen molar-refractivity contribution in [1.29, 1.82) is 0 Å². The summed E-state index contributed by atoms with van der Waals surface area (Å²) in [6.07, 6.45) is 81.1. The molecule has 0 aliphatic heterocycles. The molecule has 0 radical (unpaired) electrons. The van der Waals surface area contributed by atoms with Crippen molar-refractivity contribution in [2.75, 3.05) is 13.2 Å². The van der Waals surface area contributed by atoms with E-state index in [2.05, 4.69) is 31.3 Å². The largest absolute Gasteiger partial charge is 0.466 e. The Morgan fingerprint density at radius 1 is 0.355 bits per heavy atom. The Balaban J connectivity index is 3.38. The Hall–Kier alpha value is -1.40. The van der Waals surface area contributed by atoms with Crippen LogP contribution in [-0.2, 0) is 14.3 Å². The van der Waals surface area contributed by atoms with E-state index in [9.17, 15) is 19.8 Å². The van der Waals surface area contributed by atoms with Crippen LogP contribution in [-0.4, -0.2) is 47.4 Å². The smallest absolute Gasteiger partial charge is 0.305 e. The molecule has 0 fully saturated rings. The number of hydrogen-bond acceptors (Lipinski definition) is 5. The van der Waals surface area contributed by atoms with E-state index in [1.807, 2.05) is 0 Å². The van der Waals surface area contributed by atoms with Gasteiger partial charge in [0.05, 0.1) is 25.4 Å². The van der Waals surface area contributed by atoms with Gasteiger partial charge in [0.25, 0.3) is 0 Å². The molecule has 2 atom stereocenters. The second-order valence-corrected chi connectivity index (χ2v) is 24.2. The monoisotopic (exact) mass is 1070 g/mol. The van der Waals surface area contributed by atoms with Crippen molar-refractivity contribution in [3.8, 4) is 0 Å². The predicted molar refractivity (Wildman–Crippen MR) is 333 cm³/mol. The van der Waals surface area contributed by atoms with Crippen molar-refractivity contribution in [3.05, 3.63) is 12.2 Å². The lowest BCUT2D eigenvalue weighted by atomic mass is 10.0. The maximum atomic E-state index is 12.5. The Morgan fingerprint density at radius 3 is 0.934 bits per heavy atom. The first-order valence-electron chi connectivity index (χ1n) is 34.9. The average molecular weight is 1070 g/mol. The summed E-state index contributed by atoms with van der Waals surface area (Å²) in [6.45, 7) is 4.99. The third-order valence-electron chi connectivity index (χ3n) is 16.6. The first-order valence-corrected chi connectivity index (χ1v) is 34.9.